The van der Waals surface area contributed by atoms with Crippen LogP contribution in [0.4, 0.5) is 11.4 Å². The van der Waals surface area contributed by atoms with Gasteiger partial charge in [0, 0.05) is 24.2 Å². The Bertz CT molecular complexity index is 868. The van der Waals surface area contributed by atoms with Crippen molar-refractivity contribution in [1.82, 2.24) is 0 Å². The first-order valence-corrected chi connectivity index (χ1v) is 8.30. The number of benzene rings is 2. The normalized spacial score (nSPS) is 15.6. The van der Waals surface area contributed by atoms with Crippen molar-refractivity contribution in [1.29, 1.82) is 0 Å². The lowest BCUT2D eigenvalue weighted by atomic mass is 10.2. The molecule has 1 saturated heterocycles. The summed E-state index contributed by atoms with van der Waals surface area (Å²) in [6.45, 7) is 0.828. The third-order valence-corrected chi connectivity index (χ3v) is 4.51. The second kappa shape index (κ2) is 6.29. The molecule has 0 saturated carbocycles. The van der Waals surface area contributed by atoms with E-state index in [0.717, 1.165) is 6.42 Å². The van der Waals surface area contributed by atoms with Crippen molar-refractivity contribution in [2.75, 3.05) is 23.6 Å². The van der Waals surface area contributed by atoms with Crippen molar-refractivity contribution in [2.24, 2.45) is 0 Å². The smallest absolute Gasteiger partial charge is 0.255 e. The molecule has 0 bridgehead atoms. The number of amides is 2. The summed E-state index contributed by atoms with van der Waals surface area (Å²) in [6, 6.07) is 10.1. The van der Waals surface area contributed by atoms with E-state index < -0.39 is 0 Å². The van der Waals surface area contributed by atoms with Crippen LogP contribution in [0, 0.1) is 0 Å². The minimum atomic E-state index is -0.278. The molecule has 2 heterocycles. The Morgan fingerprint density at radius 2 is 1.96 bits per heavy atom. The van der Waals surface area contributed by atoms with Crippen molar-refractivity contribution >= 4 is 34.8 Å². The van der Waals surface area contributed by atoms with Gasteiger partial charge >= 0.3 is 0 Å². The standard InChI is InChI=1S/C18H15ClN2O4/c19-13-9-12(4-5-14(13)21-7-1-2-17(21)22)20-18(23)11-3-6-15-16(8-11)25-10-24-15/h3-6,8-9H,1-2,7,10H2,(H,20,23). The third kappa shape index (κ3) is 3.00. The zero-order valence-electron chi connectivity index (χ0n) is 13.3. The van der Waals surface area contributed by atoms with Gasteiger partial charge in [0.05, 0.1) is 10.7 Å². The molecule has 2 aliphatic heterocycles. The number of fused-ring (bicyclic) bond motifs is 1. The van der Waals surface area contributed by atoms with Crippen molar-refractivity contribution < 1.29 is 19.1 Å². The quantitative estimate of drug-likeness (QED) is 0.912. The van der Waals surface area contributed by atoms with Crippen molar-refractivity contribution in [3.63, 3.8) is 0 Å². The van der Waals surface area contributed by atoms with Gasteiger partial charge < -0.3 is 19.7 Å². The number of anilines is 2. The van der Waals surface area contributed by atoms with E-state index in [-0.39, 0.29) is 18.6 Å². The van der Waals surface area contributed by atoms with Crippen molar-refractivity contribution in [2.45, 2.75) is 12.8 Å². The molecule has 2 amide bonds. The van der Waals surface area contributed by atoms with E-state index in [0.29, 0.717) is 46.4 Å². The maximum atomic E-state index is 12.4. The van der Waals surface area contributed by atoms with E-state index in [9.17, 15) is 9.59 Å². The number of carbonyl (C=O) groups excluding carboxylic acids is 2. The molecular formula is C18H15ClN2O4. The molecule has 0 unspecified atom stereocenters. The van der Waals surface area contributed by atoms with Gasteiger partial charge in [-0.3, -0.25) is 9.59 Å². The molecule has 6 nitrogen and oxygen atoms in total. The van der Waals surface area contributed by atoms with E-state index in [1.165, 1.54) is 0 Å². The summed E-state index contributed by atoms with van der Waals surface area (Å²) in [7, 11) is 0. The zero-order valence-corrected chi connectivity index (χ0v) is 14.0. The first kappa shape index (κ1) is 15.8. The lowest BCUT2D eigenvalue weighted by molar-refractivity contribution is -0.117. The molecule has 0 radical (unpaired) electrons. The fourth-order valence-corrected chi connectivity index (χ4v) is 3.23. The van der Waals surface area contributed by atoms with Crippen LogP contribution >= 0.6 is 11.6 Å². The summed E-state index contributed by atoms with van der Waals surface area (Å²) in [5.41, 5.74) is 1.69. The summed E-state index contributed by atoms with van der Waals surface area (Å²) in [5.74, 6) is 0.964. The minimum absolute atomic E-state index is 0.0686. The van der Waals surface area contributed by atoms with Gasteiger partial charge in [-0.15, -0.1) is 0 Å². The predicted molar refractivity (Wildman–Crippen MR) is 93.6 cm³/mol. The Labute approximate surface area is 149 Å². The van der Waals surface area contributed by atoms with E-state index in [4.69, 9.17) is 21.1 Å². The monoisotopic (exact) mass is 358 g/mol. The molecule has 2 aromatic rings. The van der Waals surface area contributed by atoms with Gasteiger partial charge in [-0.05, 0) is 42.8 Å². The van der Waals surface area contributed by atoms with Gasteiger partial charge in [0.15, 0.2) is 11.5 Å². The highest BCUT2D eigenvalue weighted by atomic mass is 35.5. The van der Waals surface area contributed by atoms with Crippen molar-refractivity contribution in [3.05, 3.63) is 47.0 Å². The number of rotatable bonds is 3. The Morgan fingerprint density at radius 3 is 2.72 bits per heavy atom. The first-order valence-electron chi connectivity index (χ1n) is 7.93. The van der Waals surface area contributed by atoms with Gasteiger partial charge in [-0.25, -0.2) is 0 Å². The van der Waals surface area contributed by atoms with Crippen LogP contribution in [0.2, 0.25) is 5.02 Å². The lowest BCUT2D eigenvalue weighted by Gasteiger charge is -2.18. The van der Waals surface area contributed by atoms with Gasteiger partial charge in [-0.1, -0.05) is 11.6 Å². The molecule has 0 spiro atoms. The lowest BCUT2D eigenvalue weighted by Crippen LogP contribution is -2.24. The van der Waals surface area contributed by atoms with Crippen LogP contribution in [0.15, 0.2) is 36.4 Å². The predicted octanol–water partition coefficient (Wildman–Crippen LogP) is 3.45. The highest BCUT2D eigenvalue weighted by molar-refractivity contribution is 6.34. The Morgan fingerprint density at radius 1 is 1.12 bits per heavy atom. The Kier molecular flexibility index (Phi) is 3.97. The molecule has 25 heavy (non-hydrogen) atoms. The fraction of sp³-hybridized carbons (Fsp3) is 0.222. The van der Waals surface area contributed by atoms with Crippen LogP contribution in [-0.2, 0) is 4.79 Å². The van der Waals surface area contributed by atoms with E-state index in [2.05, 4.69) is 5.32 Å². The summed E-state index contributed by atoms with van der Waals surface area (Å²) < 4.78 is 10.5. The molecule has 2 aromatic carbocycles. The number of hydrogen-bond donors (Lipinski definition) is 1. The number of nitrogens with one attached hydrogen (secondary N) is 1. The summed E-state index contributed by atoms with van der Waals surface area (Å²) >= 11 is 6.30. The van der Waals surface area contributed by atoms with Gasteiger partial charge in [0.25, 0.3) is 5.91 Å². The number of nitrogens with zero attached hydrogens (tertiary/aromatic N) is 1. The molecule has 0 aromatic heterocycles. The van der Waals surface area contributed by atoms with Crippen LogP contribution < -0.4 is 19.7 Å². The van der Waals surface area contributed by atoms with Crippen LogP contribution in [0.3, 0.4) is 0 Å². The van der Waals surface area contributed by atoms with Gasteiger partial charge in [0.1, 0.15) is 0 Å². The van der Waals surface area contributed by atoms with E-state index in [1.54, 1.807) is 41.3 Å². The number of hydrogen-bond acceptors (Lipinski definition) is 4. The summed E-state index contributed by atoms with van der Waals surface area (Å²) in [6.07, 6.45) is 1.37. The van der Waals surface area contributed by atoms with E-state index >= 15 is 0 Å². The number of ether oxygens (including phenoxy) is 2. The molecule has 0 aliphatic carbocycles. The summed E-state index contributed by atoms with van der Waals surface area (Å²) in [5, 5.41) is 3.23. The van der Waals surface area contributed by atoms with Crippen LogP contribution in [-0.4, -0.2) is 25.2 Å². The average Bonchev–Trinajstić information content (AvgIpc) is 3.23. The molecule has 1 N–H and O–H groups in total. The van der Waals surface area contributed by atoms with Crippen molar-refractivity contribution in [3.8, 4) is 11.5 Å². The van der Waals surface area contributed by atoms with Gasteiger partial charge in [-0.2, -0.15) is 0 Å². The maximum Gasteiger partial charge on any atom is 0.255 e. The third-order valence-electron chi connectivity index (χ3n) is 4.20. The fourth-order valence-electron chi connectivity index (χ4n) is 2.95. The largest absolute Gasteiger partial charge is 0.454 e. The molecule has 2 aliphatic rings. The Hall–Kier alpha value is -2.73. The topological polar surface area (TPSA) is 67.9 Å². The second-order valence-electron chi connectivity index (χ2n) is 5.84. The minimum Gasteiger partial charge on any atom is -0.454 e. The zero-order chi connectivity index (χ0) is 17.4. The summed E-state index contributed by atoms with van der Waals surface area (Å²) in [4.78, 5) is 25.9. The highest BCUT2D eigenvalue weighted by Crippen LogP contribution is 2.34. The first-order chi connectivity index (χ1) is 12.1. The SMILES string of the molecule is O=C(Nc1ccc(N2CCCC2=O)c(Cl)c1)c1ccc2c(c1)OCO2. The van der Waals surface area contributed by atoms with Crippen LogP contribution in [0.25, 0.3) is 0 Å². The second-order valence-corrected chi connectivity index (χ2v) is 6.24. The number of carbonyl (C=O) groups is 2. The molecule has 0 atom stereocenters. The highest BCUT2D eigenvalue weighted by Gasteiger charge is 2.24. The molecule has 4 rings (SSSR count). The molecule has 1 fully saturated rings. The van der Waals surface area contributed by atoms with Crippen LogP contribution in [0.1, 0.15) is 23.2 Å². The molecule has 128 valence electrons. The van der Waals surface area contributed by atoms with Gasteiger partial charge in [0.2, 0.25) is 12.7 Å². The van der Waals surface area contributed by atoms with Crippen LogP contribution in [0.5, 0.6) is 11.5 Å². The van der Waals surface area contributed by atoms with E-state index in [1.807, 2.05) is 0 Å². The number of halogens is 1. The average molecular weight is 359 g/mol. The maximum absolute atomic E-state index is 12.4. The molecular weight excluding hydrogens is 344 g/mol. The molecule has 7 heteroatoms. The Balaban J connectivity index is 1.52.